The average molecular weight is 348 g/mol. The number of nitrogens with one attached hydrogen (secondary N) is 1. The number of carbonyl (C=O) groups is 2. The second kappa shape index (κ2) is 7.04. The van der Waals surface area contributed by atoms with Crippen molar-refractivity contribution in [2.75, 3.05) is 11.9 Å². The molecule has 0 aliphatic rings. The van der Waals surface area contributed by atoms with E-state index < -0.39 is 0 Å². The summed E-state index contributed by atoms with van der Waals surface area (Å²) in [6.45, 7) is 1.33. The van der Waals surface area contributed by atoms with E-state index in [4.69, 9.17) is 4.74 Å². The van der Waals surface area contributed by atoms with Crippen LogP contribution in [-0.4, -0.2) is 18.3 Å². The van der Waals surface area contributed by atoms with Crippen LogP contribution in [0.1, 0.15) is 17.3 Å². The predicted molar refractivity (Wildman–Crippen MR) is 84.7 cm³/mol. The Morgan fingerprint density at radius 1 is 1.14 bits per heavy atom. The van der Waals surface area contributed by atoms with Gasteiger partial charge in [-0.1, -0.05) is 46.3 Å². The minimum atomic E-state index is -0.198. The van der Waals surface area contributed by atoms with Crippen molar-refractivity contribution in [1.82, 2.24) is 0 Å². The maximum Gasteiger partial charge on any atom is 0.221 e. The van der Waals surface area contributed by atoms with Gasteiger partial charge in [0.15, 0.2) is 12.4 Å². The van der Waals surface area contributed by atoms with Gasteiger partial charge in [-0.3, -0.25) is 9.59 Å². The summed E-state index contributed by atoms with van der Waals surface area (Å²) in [5.41, 5.74) is 1.13. The van der Waals surface area contributed by atoms with E-state index in [9.17, 15) is 9.59 Å². The number of anilines is 1. The van der Waals surface area contributed by atoms with Gasteiger partial charge in [-0.05, 0) is 18.2 Å². The van der Waals surface area contributed by atoms with Gasteiger partial charge in [-0.15, -0.1) is 0 Å². The number of carbonyl (C=O) groups excluding carboxylic acids is 2. The first kappa shape index (κ1) is 15.3. The summed E-state index contributed by atoms with van der Waals surface area (Å²) in [5.74, 6) is 0.129. The van der Waals surface area contributed by atoms with Crippen molar-refractivity contribution in [2.24, 2.45) is 0 Å². The molecule has 0 aromatic heterocycles. The molecule has 21 heavy (non-hydrogen) atoms. The molecule has 5 heteroatoms. The highest BCUT2D eigenvalue weighted by molar-refractivity contribution is 9.10. The number of Topliss-reactive ketones (excluding diaryl/α,β-unsaturated/α-hetero) is 1. The minimum absolute atomic E-state index is 0.0902. The molecule has 4 nitrogen and oxygen atoms in total. The predicted octanol–water partition coefficient (Wildman–Crippen LogP) is 3.67. The molecule has 0 saturated heterocycles. The van der Waals surface area contributed by atoms with E-state index in [1.807, 2.05) is 6.07 Å². The first-order chi connectivity index (χ1) is 10.1. The second-order valence-electron chi connectivity index (χ2n) is 4.40. The Labute approximate surface area is 131 Å². The van der Waals surface area contributed by atoms with E-state index in [0.717, 1.165) is 4.47 Å². The van der Waals surface area contributed by atoms with Crippen molar-refractivity contribution >= 4 is 33.3 Å². The van der Waals surface area contributed by atoms with Gasteiger partial charge in [-0.25, -0.2) is 0 Å². The Kier molecular flexibility index (Phi) is 5.11. The molecular weight excluding hydrogens is 334 g/mol. The van der Waals surface area contributed by atoms with Gasteiger partial charge in [-0.2, -0.15) is 0 Å². The van der Waals surface area contributed by atoms with Crippen LogP contribution in [0.5, 0.6) is 5.75 Å². The van der Waals surface area contributed by atoms with Gasteiger partial charge in [0.25, 0.3) is 0 Å². The maximum absolute atomic E-state index is 12.0. The Morgan fingerprint density at radius 2 is 1.86 bits per heavy atom. The van der Waals surface area contributed by atoms with Gasteiger partial charge in [0.1, 0.15) is 5.75 Å². The van der Waals surface area contributed by atoms with Crippen LogP contribution in [0.4, 0.5) is 5.69 Å². The molecule has 2 aromatic rings. The summed E-state index contributed by atoms with van der Waals surface area (Å²) < 4.78 is 6.35. The summed E-state index contributed by atoms with van der Waals surface area (Å²) >= 11 is 3.34. The highest BCUT2D eigenvalue weighted by Gasteiger charge is 2.10. The maximum atomic E-state index is 12.0. The fourth-order valence-electron chi connectivity index (χ4n) is 1.76. The van der Waals surface area contributed by atoms with Crippen LogP contribution in [-0.2, 0) is 4.79 Å². The number of hydrogen-bond acceptors (Lipinski definition) is 3. The quantitative estimate of drug-likeness (QED) is 0.839. The fourth-order valence-corrected chi connectivity index (χ4v) is 2.10. The summed E-state index contributed by atoms with van der Waals surface area (Å²) in [7, 11) is 0. The fraction of sp³-hybridized carbons (Fsp3) is 0.125. The molecule has 108 valence electrons. The van der Waals surface area contributed by atoms with Crippen LogP contribution < -0.4 is 10.1 Å². The third kappa shape index (κ3) is 4.43. The molecule has 0 aliphatic carbocycles. The molecular formula is C16H14BrNO3. The van der Waals surface area contributed by atoms with E-state index in [2.05, 4.69) is 21.2 Å². The molecule has 0 bridgehead atoms. The molecule has 0 radical (unpaired) electrons. The van der Waals surface area contributed by atoms with Crippen molar-refractivity contribution < 1.29 is 14.3 Å². The van der Waals surface area contributed by atoms with Crippen molar-refractivity contribution in [1.29, 1.82) is 0 Å². The Morgan fingerprint density at radius 3 is 2.52 bits per heavy atom. The third-order valence-corrected chi connectivity index (χ3v) is 3.20. The van der Waals surface area contributed by atoms with Gasteiger partial charge < -0.3 is 10.1 Å². The highest BCUT2D eigenvalue weighted by Crippen LogP contribution is 2.28. The van der Waals surface area contributed by atoms with Gasteiger partial charge >= 0.3 is 0 Å². The molecule has 0 unspecified atom stereocenters. The van der Waals surface area contributed by atoms with E-state index in [1.165, 1.54) is 6.92 Å². The van der Waals surface area contributed by atoms with Gasteiger partial charge in [0.2, 0.25) is 5.91 Å². The molecule has 0 heterocycles. The first-order valence-corrected chi connectivity index (χ1v) is 7.14. The van der Waals surface area contributed by atoms with Crippen molar-refractivity contribution in [3.8, 4) is 5.75 Å². The number of hydrogen-bond donors (Lipinski definition) is 1. The van der Waals surface area contributed by atoms with E-state index in [-0.39, 0.29) is 18.3 Å². The molecule has 2 aromatic carbocycles. The lowest BCUT2D eigenvalue weighted by Crippen LogP contribution is -2.13. The lowest BCUT2D eigenvalue weighted by molar-refractivity contribution is -0.114. The smallest absolute Gasteiger partial charge is 0.221 e. The number of halogens is 1. The highest BCUT2D eigenvalue weighted by atomic mass is 79.9. The molecule has 0 saturated carbocycles. The monoisotopic (exact) mass is 347 g/mol. The summed E-state index contributed by atoms with van der Waals surface area (Å²) in [4.78, 5) is 23.2. The van der Waals surface area contributed by atoms with Crippen LogP contribution in [0.15, 0.2) is 53.0 Å². The molecule has 0 fully saturated rings. The zero-order valence-electron chi connectivity index (χ0n) is 11.4. The number of rotatable bonds is 5. The van der Waals surface area contributed by atoms with Crippen LogP contribution in [0.3, 0.4) is 0 Å². The second-order valence-corrected chi connectivity index (χ2v) is 5.32. The van der Waals surface area contributed by atoms with Crippen LogP contribution >= 0.6 is 15.9 Å². The summed E-state index contributed by atoms with van der Waals surface area (Å²) in [5, 5.41) is 2.67. The molecule has 0 atom stereocenters. The van der Waals surface area contributed by atoms with Crippen LogP contribution in [0.25, 0.3) is 0 Å². The van der Waals surface area contributed by atoms with E-state index in [0.29, 0.717) is 17.0 Å². The summed E-state index contributed by atoms with van der Waals surface area (Å²) in [6, 6.07) is 14.1. The van der Waals surface area contributed by atoms with Crippen molar-refractivity contribution in [2.45, 2.75) is 6.92 Å². The Balaban J connectivity index is 2.10. The molecule has 0 spiro atoms. The van der Waals surface area contributed by atoms with E-state index >= 15 is 0 Å². The molecule has 1 amide bonds. The van der Waals surface area contributed by atoms with Crippen LogP contribution in [0.2, 0.25) is 0 Å². The van der Waals surface area contributed by atoms with Crippen molar-refractivity contribution in [3.05, 3.63) is 58.6 Å². The average Bonchev–Trinajstić information content (AvgIpc) is 2.47. The number of benzene rings is 2. The van der Waals surface area contributed by atoms with Gasteiger partial charge in [0.05, 0.1) is 5.69 Å². The Hall–Kier alpha value is -2.14. The minimum Gasteiger partial charge on any atom is -0.483 e. The largest absolute Gasteiger partial charge is 0.483 e. The zero-order chi connectivity index (χ0) is 15.2. The lowest BCUT2D eigenvalue weighted by atomic mass is 10.1. The standard InChI is InChI=1S/C16H14BrNO3/c1-11(19)18-14-8-7-13(17)9-16(14)21-10-15(20)12-5-3-2-4-6-12/h2-9H,10H2,1H3,(H,18,19). The topological polar surface area (TPSA) is 55.4 Å². The van der Waals surface area contributed by atoms with Gasteiger partial charge in [0, 0.05) is 17.0 Å². The SMILES string of the molecule is CC(=O)Nc1ccc(Br)cc1OCC(=O)c1ccccc1. The number of ether oxygens (including phenoxy) is 1. The van der Waals surface area contributed by atoms with Crippen molar-refractivity contribution in [3.63, 3.8) is 0 Å². The normalized spacial score (nSPS) is 10.0. The van der Waals surface area contributed by atoms with E-state index in [1.54, 1.807) is 42.5 Å². The number of ketones is 1. The zero-order valence-corrected chi connectivity index (χ0v) is 13.0. The van der Waals surface area contributed by atoms with Crippen LogP contribution in [0, 0.1) is 0 Å². The third-order valence-electron chi connectivity index (χ3n) is 2.71. The first-order valence-electron chi connectivity index (χ1n) is 6.34. The summed E-state index contributed by atoms with van der Waals surface area (Å²) in [6.07, 6.45) is 0. The Bertz CT molecular complexity index is 656. The molecule has 2 rings (SSSR count). The molecule has 0 aliphatic heterocycles. The number of amides is 1. The lowest BCUT2D eigenvalue weighted by Gasteiger charge is -2.11. The molecule has 1 N–H and O–H groups in total.